The van der Waals surface area contributed by atoms with Gasteiger partial charge in [0, 0.05) is 44.4 Å². The molecule has 2 saturated heterocycles. The lowest BCUT2D eigenvalue weighted by molar-refractivity contribution is 0.00840. The van der Waals surface area contributed by atoms with Crippen molar-refractivity contribution in [2.24, 2.45) is 0 Å². The summed E-state index contributed by atoms with van der Waals surface area (Å²) in [5, 5.41) is 6.38. The van der Waals surface area contributed by atoms with Crippen LogP contribution in [-0.2, 0) is 4.74 Å². The number of anilines is 1. The molecule has 2 N–H and O–H groups in total. The number of halogens is 1. The highest BCUT2D eigenvalue weighted by atomic mass is 19.1. The number of hydrogen-bond donors (Lipinski definition) is 2. The number of carbonyl (C=O) groups excluding carboxylic acids is 1. The van der Waals surface area contributed by atoms with Crippen LogP contribution in [0.3, 0.4) is 0 Å². The largest absolute Gasteiger partial charge is 0.378 e. The first-order valence-electron chi connectivity index (χ1n) is 8.86. The molecule has 0 aliphatic carbocycles. The fraction of sp³-hybridized carbons (Fsp3) is 0.706. The summed E-state index contributed by atoms with van der Waals surface area (Å²) in [4.78, 5) is 22.9. The minimum Gasteiger partial charge on any atom is -0.378 e. The number of carbonyl (C=O) groups is 1. The van der Waals surface area contributed by atoms with Gasteiger partial charge in [-0.05, 0) is 26.2 Å². The van der Waals surface area contributed by atoms with E-state index in [-0.39, 0.29) is 24.6 Å². The van der Waals surface area contributed by atoms with Gasteiger partial charge in [-0.3, -0.25) is 4.79 Å². The van der Waals surface area contributed by atoms with Crippen molar-refractivity contribution in [3.05, 3.63) is 17.6 Å². The Morgan fingerprint density at radius 1 is 1.32 bits per heavy atom. The number of aromatic nitrogens is 2. The molecule has 2 unspecified atom stereocenters. The lowest BCUT2D eigenvalue weighted by atomic mass is 10.00. The second kappa shape index (κ2) is 8.05. The molecule has 1 aromatic heterocycles. The highest BCUT2D eigenvalue weighted by Gasteiger charge is 2.31. The topological polar surface area (TPSA) is 79.4 Å². The maximum absolute atomic E-state index is 13.9. The number of alkyl halides is 1. The van der Waals surface area contributed by atoms with E-state index in [4.69, 9.17) is 4.74 Å². The number of ether oxygens (including phenoxy) is 1. The Morgan fingerprint density at radius 3 is 2.76 bits per heavy atom. The quantitative estimate of drug-likeness (QED) is 0.847. The molecule has 1 aromatic rings. The van der Waals surface area contributed by atoms with Crippen molar-refractivity contribution < 1.29 is 13.9 Å². The van der Waals surface area contributed by atoms with Gasteiger partial charge in [0.15, 0.2) is 0 Å². The van der Waals surface area contributed by atoms with E-state index in [2.05, 4.69) is 20.6 Å². The van der Waals surface area contributed by atoms with Gasteiger partial charge in [-0.1, -0.05) is 0 Å². The first kappa shape index (κ1) is 18.0. The molecule has 0 spiro atoms. The SMILES string of the molecule is CNc1ncnc(C(=O)N2CCC(NC3CCOCC3F)CC2)c1C. The van der Waals surface area contributed by atoms with Crippen molar-refractivity contribution >= 4 is 11.7 Å². The average molecular weight is 351 g/mol. The van der Waals surface area contributed by atoms with E-state index in [1.165, 1.54) is 6.33 Å². The molecule has 2 fully saturated rings. The van der Waals surface area contributed by atoms with Crippen LogP contribution in [0.1, 0.15) is 35.3 Å². The number of piperidine rings is 1. The van der Waals surface area contributed by atoms with Crippen LogP contribution in [0.15, 0.2) is 6.33 Å². The van der Waals surface area contributed by atoms with E-state index in [0.29, 0.717) is 37.6 Å². The summed E-state index contributed by atoms with van der Waals surface area (Å²) in [7, 11) is 1.77. The lowest BCUT2D eigenvalue weighted by Gasteiger charge is -2.36. The summed E-state index contributed by atoms with van der Waals surface area (Å²) in [6.07, 6.45) is 2.80. The molecule has 0 radical (unpaired) electrons. The Balaban J connectivity index is 1.56. The van der Waals surface area contributed by atoms with Crippen LogP contribution in [0.2, 0.25) is 0 Å². The molecule has 0 aromatic carbocycles. The predicted molar refractivity (Wildman–Crippen MR) is 92.5 cm³/mol. The fourth-order valence-corrected chi connectivity index (χ4v) is 3.51. The van der Waals surface area contributed by atoms with Crippen LogP contribution in [0, 0.1) is 6.92 Å². The van der Waals surface area contributed by atoms with Gasteiger partial charge in [0.2, 0.25) is 0 Å². The van der Waals surface area contributed by atoms with Gasteiger partial charge in [0.05, 0.1) is 6.61 Å². The summed E-state index contributed by atoms with van der Waals surface area (Å²) < 4.78 is 19.0. The Labute approximate surface area is 147 Å². The lowest BCUT2D eigenvalue weighted by Crippen LogP contribution is -2.52. The van der Waals surface area contributed by atoms with Gasteiger partial charge in [-0.2, -0.15) is 0 Å². The summed E-state index contributed by atoms with van der Waals surface area (Å²) in [6, 6.07) is 0.105. The van der Waals surface area contributed by atoms with Crippen LogP contribution >= 0.6 is 0 Å². The number of nitrogens with one attached hydrogen (secondary N) is 2. The second-order valence-electron chi connectivity index (χ2n) is 6.67. The first-order chi connectivity index (χ1) is 12.1. The van der Waals surface area contributed by atoms with Crippen LogP contribution in [0.5, 0.6) is 0 Å². The van der Waals surface area contributed by atoms with Gasteiger partial charge in [-0.25, -0.2) is 14.4 Å². The third kappa shape index (κ3) is 4.07. The van der Waals surface area contributed by atoms with Crippen molar-refractivity contribution in [2.75, 3.05) is 38.7 Å². The van der Waals surface area contributed by atoms with E-state index in [1.807, 2.05) is 11.8 Å². The summed E-state index contributed by atoms with van der Waals surface area (Å²) in [5.41, 5.74) is 1.21. The fourth-order valence-electron chi connectivity index (χ4n) is 3.51. The number of likely N-dealkylation sites (tertiary alicyclic amines) is 1. The van der Waals surface area contributed by atoms with Gasteiger partial charge in [0.25, 0.3) is 5.91 Å². The van der Waals surface area contributed by atoms with Gasteiger partial charge in [-0.15, -0.1) is 0 Å². The van der Waals surface area contributed by atoms with E-state index < -0.39 is 6.17 Å². The monoisotopic (exact) mass is 351 g/mol. The van der Waals surface area contributed by atoms with E-state index in [1.54, 1.807) is 7.05 Å². The smallest absolute Gasteiger partial charge is 0.272 e. The summed E-state index contributed by atoms with van der Waals surface area (Å²) in [5.74, 6) is 0.604. The zero-order valence-corrected chi connectivity index (χ0v) is 14.8. The number of hydrogen-bond acceptors (Lipinski definition) is 6. The molecule has 2 aliphatic rings. The van der Waals surface area contributed by atoms with Crippen LogP contribution in [0.4, 0.5) is 10.2 Å². The third-order valence-electron chi connectivity index (χ3n) is 5.04. The Bertz CT molecular complexity index is 607. The predicted octanol–water partition coefficient (Wildman–Crippen LogP) is 1.15. The normalized spacial score (nSPS) is 25.0. The molecule has 7 nitrogen and oxygen atoms in total. The molecule has 3 rings (SSSR count). The highest BCUT2D eigenvalue weighted by Crippen LogP contribution is 2.20. The van der Waals surface area contributed by atoms with E-state index >= 15 is 0 Å². The van der Waals surface area contributed by atoms with Crippen molar-refractivity contribution in [3.8, 4) is 0 Å². The maximum Gasteiger partial charge on any atom is 0.272 e. The maximum atomic E-state index is 13.9. The van der Waals surface area contributed by atoms with E-state index in [0.717, 1.165) is 18.4 Å². The number of rotatable bonds is 4. The minimum absolute atomic E-state index is 0.0655. The molecule has 3 heterocycles. The molecule has 25 heavy (non-hydrogen) atoms. The molecule has 0 saturated carbocycles. The molecule has 1 amide bonds. The average Bonchev–Trinajstić information content (AvgIpc) is 2.64. The highest BCUT2D eigenvalue weighted by molar-refractivity contribution is 5.94. The first-order valence-corrected chi connectivity index (χ1v) is 8.86. The van der Waals surface area contributed by atoms with Crippen LogP contribution in [0.25, 0.3) is 0 Å². The van der Waals surface area contributed by atoms with Crippen molar-refractivity contribution in [1.82, 2.24) is 20.2 Å². The van der Waals surface area contributed by atoms with Crippen molar-refractivity contribution in [1.29, 1.82) is 0 Å². The van der Waals surface area contributed by atoms with Crippen LogP contribution < -0.4 is 10.6 Å². The summed E-state index contributed by atoms with van der Waals surface area (Å²) in [6.45, 7) is 3.93. The molecular weight excluding hydrogens is 325 g/mol. The molecule has 138 valence electrons. The Hall–Kier alpha value is -1.80. The van der Waals surface area contributed by atoms with Gasteiger partial charge in [0.1, 0.15) is 24.0 Å². The Kier molecular flexibility index (Phi) is 5.80. The van der Waals surface area contributed by atoms with Crippen molar-refractivity contribution in [3.63, 3.8) is 0 Å². The van der Waals surface area contributed by atoms with Crippen molar-refractivity contribution in [2.45, 2.75) is 44.4 Å². The molecule has 2 atom stereocenters. The molecule has 2 aliphatic heterocycles. The number of nitrogens with zero attached hydrogens (tertiary/aromatic N) is 3. The van der Waals surface area contributed by atoms with E-state index in [9.17, 15) is 9.18 Å². The van der Waals surface area contributed by atoms with Gasteiger partial charge < -0.3 is 20.3 Å². The van der Waals surface area contributed by atoms with Gasteiger partial charge >= 0.3 is 0 Å². The molecular formula is C17H26FN5O2. The zero-order chi connectivity index (χ0) is 17.8. The molecule has 0 bridgehead atoms. The number of amides is 1. The molecule has 8 heteroatoms. The standard InChI is InChI=1S/C17H26FN5O2/c1-11-15(20-10-21-16(11)19-2)17(24)23-6-3-12(4-7-23)22-14-5-8-25-9-13(14)18/h10,12-14,22H,3-9H2,1-2H3,(H,19,20,21). The van der Waals surface area contributed by atoms with Crippen LogP contribution in [-0.4, -0.2) is 72.4 Å². The second-order valence-corrected chi connectivity index (χ2v) is 6.67. The Morgan fingerprint density at radius 2 is 2.08 bits per heavy atom. The zero-order valence-electron chi connectivity index (χ0n) is 14.8. The third-order valence-corrected chi connectivity index (χ3v) is 5.04. The summed E-state index contributed by atoms with van der Waals surface area (Å²) >= 11 is 0. The minimum atomic E-state index is -0.947.